The molecule has 0 unspecified atom stereocenters. The van der Waals surface area contributed by atoms with Gasteiger partial charge in [0.1, 0.15) is 12.2 Å². The lowest BCUT2D eigenvalue weighted by Crippen LogP contribution is -2.25. The Balaban J connectivity index is 2.19. The van der Waals surface area contributed by atoms with E-state index in [1.165, 1.54) is 6.92 Å². The van der Waals surface area contributed by atoms with Gasteiger partial charge in [-0.15, -0.1) is 0 Å². The number of aliphatic hydroxyl groups excluding tert-OH is 1. The van der Waals surface area contributed by atoms with Crippen LogP contribution in [0.25, 0.3) is 0 Å². The lowest BCUT2D eigenvalue weighted by molar-refractivity contribution is -0.143. The van der Waals surface area contributed by atoms with E-state index in [4.69, 9.17) is 9.84 Å². The van der Waals surface area contributed by atoms with Gasteiger partial charge in [0, 0.05) is 6.92 Å². The molecule has 1 N–H and O–H groups in total. The maximum atomic E-state index is 10.3. The van der Waals surface area contributed by atoms with Crippen LogP contribution in [0.4, 0.5) is 0 Å². The predicted octanol–water partition coefficient (Wildman–Crippen LogP) is -0.689. The number of epoxide rings is 1. The molecule has 0 aliphatic carbocycles. The van der Waals surface area contributed by atoms with Crippen LogP contribution in [0.3, 0.4) is 0 Å². The van der Waals surface area contributed by atoms with Crippen molar-refractivity contribution >= 4 is 5.97 Å². The van der Waals surface area contributed by atoms with Gasteiger partial charge in [-0.25, -0.2) is 0 Å². The van der Waals surface area contributed by atoms with E-state index in [0.717, 1.165) is 0 Å². The highest BCUT2D eigenvalue weighted by Crippen LogP contribution is 2.25. The Labute approximate surface area is 58.7 Å². The molecule has 1 rings (SSSR count). The third-order valence-corrected chi connectivity index (χ3v) is 1.38. The van der Waals surface area contributed by atoms with Crippen LogP contribution in [0.15, 0.2) is 0 Å². The number of carbonyl (C=O) groups excluding carboxylic acids is 1. The molecule has 0 amide bonds. The van der Waals surface area contributed by atoms with E-state index in [9.17, 15) is 4.79 Å². The van der Waals surface area contributed by atoms with Crippen LogP contribution in [0.2, 0.25) is 0 Å². The van der Waals surface area contributed by atoms with Crippen molar-refractivity contribution in [2.45, 2.75) is 12.5 Å². The molecular formula is C6H10O4. The third kappa shape index (κ3) is 1.68. The van der Waals surface area contributed by atoms with E-state index in [0.29, 0.717) is 6.61 Å². The molecule has 0 spiro atoms. The van der Waals surface area contributed by atoms with Crippen LogP contribution in [-0.2, 0) is 14.3 Å². The van der Waals surface area contributed by atoms with Crippen molar-refractivity contribution in [1.29, 1.82) is 0 Å². The van der Waals surface area contributed by atoms with Crippen molar-refractivity contribution in [3.8, 4) is 0 Å². The fourth-order valence-corrected chi connectivity index (χ4v) is 0.555. The van der Waals surface area contributed by atoms with Gasteiger partial charge in [0.05, 0.1) is 13.2 Å². The van der Waals surface area contributed by atoms with Crippen LogP contribution in [-0.4, -0.2) is 36.5 Å². The molecule has 4 nitrogen and oxygen atoms in total. The first-order valence-electron chi connectivity index (χ1n) is 3.07. The van der Waals surface area contributed by atoms with Gasteiger partial charge in [0.2, 0.25) is 0 Å². The van der Waals surface area contributed by atoms with Crippen LogP contribution in [0.1, 0.15) is 6.92 Å². The smallest absolute Gasteiger partial charge is 0.302 e. The van der Waals surface area contributed by atoms with Crippen molar-refractivity contribution < 1.29 is 19.4 Å². The fraction of sp³-hybridized carbons (Fsp3) is 0.833. The van der Waals surface area contributed by atoms with Gasteiger partial charge >= 0.3 is 5.97 Å². The van der Waals surface area contributed by atoms with Crippen molar-refractivity contribution in [3.05, 3.63) is 0 Å². The Morgan fingerprint density at radius 1 is 1.90 bits per heavy atom. The zero-order valence-electron chi connectivity index (χ0n) is 5.79. The number of carbonyl (C=O) groups is 1. The second-order valence-electron chi connectivity index (χ2n) is 2.41. The molecular weight excluding hydrogens is 136 g/mol. The molecule has 0 aromatic rings. The largest absolute Gasteiger partial charge is 0.463 e. The van der Waals surface area contributed by atoms with E-state index in [1.807, 2.05) is 0 Å². The minimum Gasteiger partial charge on any atom is -0.463 e. The van der Waals surface area contributed by atoms with E-state index in [1.54, 1.807) is 0 Å². The molecule has 1 atom stereocenters. The van der Waals surface area contributed by atoms with Gasteiger partial charge in [-0.3, -0.25) is 4.79 Å². The number of ether oxygens (including phenoxy) is 2. The summed E-state index contributed by atoms with van der Waals surface area (Å²) in [5, 5.41) is 8.65. The molecule has 1 heterocycles. The molecule has 0 aromatic carbocycles. The summed E-state index contributed by atoms with van der Waals surface area (Å²) in [5.74, 6) is -0.344. The Kier molecular flexibility index (Phi) is 1.92. The summed E-state index contributed by atoms with van der Waals surface area (Å²) in [6.45, 7) is 1.89. The van der Waals surface area contributed by atoms with Crippen LogP contribution in [0.5, 0.6) is 0 Å². The van der Waals surface area contributed by atoms with Gasteiger partial charge in [0.15, 0.2) is 0 Å². The number of hydrogen-bond donors (Lipinski definition) is 1. The quantitative estimate of drug-likeness (QED) is 0.423. The van der Waals surface area contributed by atoms with E-state index in [-0.39, 0.29) is 19.2 Å². The Morgan fingerprint density at radius 2 is 2.50 bits per heavy atom. The van der Waals surface area contributed by atoms with Crippen molar-refractivity contribution in [2.75, 3.05) is 19.8 Å². The molecule has 1 fully saturated rings. The van der Waals surface area contributed by atoms with Crippen LogP contribution in [0, 0.1) is 0 Å². The SMILES string of the molecule is CC(=O)OC[C@@]1(CO)CO1. The average molecular weight is 146 g/mol. The van der Waals surface area contributed by atoms with E-state index in [2.05, 4.69) is 4.74 Å². The first-order chi connectivity index (χ1) is 4.68. The summed E-state index contributed by atoms with van der Waals surface area (Å²) in [4.78, 5) is 10.3. The first-order valence-corrected chi connectivity index (χ1v) is 3.07. The number of hydrogen-bond acceptors (Lipinski definition) is 4. The monoisotopic (exact) mass is 146 g/mol. The Morgan fingerprint density at radius 3 is 2.80 bits per heavy atom. The zero-order chi connectivity index (χ0) is 7.61. The number of aliphatic hydroxyl groups is 1. The van der Waals surface area contributed by atoms with Gasteiger partial charge in [0.25, 0.3) is 0 Å². The summed E-state index contributed by atoms with van der Waals surface area (Å²) >= 11 is 0. The second-order valence-corrected chi connectivity index (χ2v) is 2.41. The topological polar surface area (TPSA) is 59.1 Å². The van der Waals surface area contributed by atoms with Crippen LogP contribution < -0.4 is 0 Å². The highest BCUT2D eigenvalue weighted by molar-refractivity contribution is 5.66. The third-order valence-electron chi connectivity index (χ3n) is 1.38. The molecule has 10 heavy (non-hydrogen) atoms. The number of rotatable bonds is 3. The first kappa shape index (κ1) is 7.50. The molecule has 58 valence electrons. The lowest BCUT2D eigenvalue weighted by atomic mass is 10.2. The predicted molar refractivity (Wildman–Crippen MR) is 32.4 cm³/mol. The zero-order valence-corrected chi connectivity index (χ0v) is 5.79. The summed E-state index contributed by atoms with van der Waals surface area (Å²) < 4.78 is 9.50. The summed E-state index contributed by atoms with van der Waals surface area (Å²) in [6.07, 6.45) is 0. The standard InChI is InChI=1S/C6H10O4/c1-5(8)9-3-6(2-7)4-10-6/h7H,2-4H2,1H3/t6-/m0/s1. The lowest BCUT2D eigenvalue weighted by Gasteiger charge is -2.06. The van der Waals surface area contributed by atoms with E-state index < -0.39 is 5.60 Å². The molecule has 0 radical (unpaired) electrons. The van der Waals surface area contributed by atoms with Gasteiger partial charge in [-0.1, -0.05) is 0 Å². The second kappa shape index (κ2) is 2.56. The van der Waals surface area contributed by atoms with Crippen molar-refractivity contribution in [3.63, 3.8) is 0 Å². The molecule has 0 saturated carbocycles. The molecule has 4 heteroatoms. The van der Waals surface area contributed by atoms with Gasteiger partial charge in [-0.2, -0.15) is 0 Å². The minimum absolute atomic E-state index is 0.0831. The van der Waals surface area contributed by atoms with Gasteiger partial charge in [-0.05, 0) is 0 Å². The Hall–Kier alpha value is -0.610. The number of esters is 1. The summed E-state index contributed by atoms with van der Waals surface area (Å²) in [6, 6.07) is 0. The average Bonchev–Trinajstić information content (AvgIpc) is 2.64. The minimum atomic E-state index is -0.564. The molecule has 0 aromatic heterocycles. The van der Waals surface area contributed by atoms with E-state index >= 15 is 0 Å². The maximum absolute atomic E-state index is 10.3. The normalized spacial score (nSPS) is 29.8. The molecule has 1 aliphatic heterocycles. The highest BCUT2D eigenvalue weighted by atomic mass is 16.6. The van der Waals surface area contributed by atoms with Gasteiger partial charge < -0.3 is 14.6 Å². The maximum Gasteiger partial charge on any atom is 0.302 e. The summed E-state index contributed by atoms with van der Waals surface area (Å²) in [7, 11) is 0. The molecule has 0 bridgehead atoms. The molecule has 1 saturated heterocycles. The van der Waals surface area contributed by atoms with Crippen molar-refractivity contribution in [2.24, 2.45) is 0 Å². The van der Waals surface area contributed by atoms with Crippen LogP contribution >= 0.6 is 0 Å². The highest BCUT2D eigenvalue weighted by Gasteiger charge is 2.45. The fourth-order valence-electron chi connectivity index (χ4n) is 0.555. The molecule has 1 aliphatic rings. The van der Waals surface area contributed by atoms with Crippen molar-refractivity contribution in [1.82, 2.24) is 0 Å². The Bertz CT molecular complexity index is 139. The summed E-state index contributed by atoms with van der Waals surface area (Å²) in [5.41, 5.74) is -0.564.